The highest BCUT2D eigenvalue weighted by molar-refractivity contribution is 5.74. The largest absolute Gasteiger partial charge is 0.479 e. The maximum Gasteiger partial charge on any atom is 0.332 e. The van der Waals surface area contributed by atoms with Crippen LogP contribution in [0.3, 0.4) is 0 Å². The van der Waals surface area contributed by atoms with Gasteiger partial charge in [0.25, 0.3) is 0 Å². The highest BCUT2D eigenvalue weighted by atomic mass is 16.5. The summed E-state index contributed by atoms with van der Waals surface area (Å²) < 4.78 is 5.30. The monoisotopic (exact) mass is 293 g/mol. The molecule has 0 bridgehead atoms. The third-order valence-electron chi connectivity index (χ3n) is 3.41. The average Bonchev–Trinajstić information content (AvgIpc) is 2.93. The van der Waals surface area contributed by atoms with E-state index in [9.17, 15) is 9.59 Å². The Morgan fingerprint density at radius 2 is 2.24 bits per heavy atom. The second kappa shape index (κ2) is 7.03. The number of pyridine rings is 1. The van der Waals surface area contributed by atoms with Crippen LogP contribution >= 0.6 is 0 Å². The summed E-state index contributed by atoms with van der Waals surface area (Å²) >= 11 is 0. The Hall–Kier alpha value is -2.15. The summed E-state index contributed by atoms with van der Waals surface area (Å²) in [6, 6.07) is 3.46. The number of carboxylic acids is 1. The summed E-state index contributed by atoms with van der Waals surface area (Å²) in [6.45, 7) is 2.58. The maximum atomic E-state index is 11.7. The minimum atomic E-state index is -0.951. The number of ether oxygens (including phenoxy) is 1. The molecular weight excluding hydrogens is 274 g/mol. The van der Waals surface area contributed by atoms with Gasteiger partial charge in [-0.25, -0.2) is 9.59 Å². The third kappa shape index (κ3) is 4.42. The zero-order valence-corrected chi connectivity index (χ0v) is 11.8. The molecule has 2 heterocycles. The molecule has 21 heavy (non-hydrogen) atoms. The van der Waals surface area contributed by atoms with Crippen molar-refractivity contribution in [2.24, 2.45) is 0 Å². The topological polar surface area (TPSA) is 101 Å². The Balaban J connectivity index is 1.69. The molecule has 1 aliphatic rings. The number of urea groups is 1. The number of hydrogen-bond acceptors (Lipinski definition) is 4. The van der Waals surface area contributed by atoms with E-state index >= 15 is 0 Å². The van der Waals surface area contributed by atoms with Gasteiger partial charge in [0.1, 0.15) is 0 Å². The van der Waals surface area contributed by atoms with Gasteiger partial charge in [0.2, 0.25) is 0 Å². The Kier molecular flexibility index (Phi) is 5.10. The van der Waals surface area contributed by atoms with E-state index in [0.29, 0.717) is 25.9 Å². The molecule has 1 fully saturated rings. The van der Waals surface area contributed by atoms with E-state index in [-0.39, 0.29) is 12.1 Å². The fourth-order valence-corrected chi connectivity index (χ4v) is 2.17. The second-order valence-corrected chi connectivity index (χ2v) is 4.99. The van der Waals surface area contributed by atoms with Gasteiger partial charge in [-0.2, -0.15) is 0 Å². The van der Waals surface area contributed by atoms with Gasteiger partial charge >= 0.3 is 12.0 Å². The van der Waals surface area contributed by atoms with Crippen molar-refractivity contribution in [3.63, 3.8) is 0 Å². The molecule has 114 valence electrons. The van der Waals surface area contributed by atoms with Gasteiger partial charge in [-0.3, -0.25) is 4.98 Å². The second-order valence-electron chi connectivity index (χ2n) is 4.99. The van der Waals surface area contributed by atoms with Crippen molar-refractivity contribution >= 4 is 12.0 Å². The lowest BCUT2D eigenvalue weighted by Gasteiger charge is -2.13. The van der Waals surface area contributed by atoms with Crippen LogP contribution in [0.25, 0.3) is 0 Å². The number of aromatic nitrogens is 1. The summed E-state index contributed by atoms with van der Waals surface area (Å²) in [7, 11) is 0. The van der Waals surface area contributed by atoms with Crippen LogP contribution in [0.15, 0.2) is 18.3 Å². The molecule has 1 aromatic rings. The van der Waals surface area contributed by atoms with Crippen molar-refractivity contribution in [1.82, 2.24) is 15.6 Å². The fourth-order valence-electron chi connectivity index (χ4n) is 2.17. The molecule has 2 unspecified atom stereocenters. The number of amides is 2. The zero-order valence-electron chi connectivity index (χ0n) is 11.8. The van der Waals surface area contributed by atoms with Gasteiger partial charge in [-0.15, -0.1) is 0 Å². The number of hydrogen-bond donors (Lipinski definition) is 3. The van der Waals surface area contributed by atoms with Crippen molar-refractivity contribution in [3.8, 4) is 0 Å². The van der Waals surface area contributed by atoms with Gasteiger partial charge in [0.15, 0.2) is 6.10 Å². The minimum absolute atomic E-state index is 0.242. The van der Waals surface area contributed by atoms with Crippen LogP contribution in [0.1, 0.15) is 24.1 Å². The van der Waals surface area contributed by atoms with Crippen molar-refractivity contribution < 1.29 is 19.4 Å². The Morgan fingerprint density at radius 1 is 1.43 bits per heavy atom. The smallest absolute Gasteiger partial charge is 0.332 e. The van der Waals surface area contributed by atoms with Crippen LogP contribution in [0, 0.1) is 6.92 Å². The van der Waals surface area contributed by atoms with E-state index in [2.05, 4.69) is 15.6 Å². The first-order valence-electron chi connectivity index (χ1n) is 6.86. The first-order chi connectivity index (χ1) is 10.1. The fraction of sp³-hybridized carbons (Fsp3) is 0.500. The van der Waals surface area contributed by atoms with E-state index in [4.69, 9.17) is 9.84 Å². The van der Waals surface area contributed by atoms with Crippen LogP contribution in [-0.2, 0) is 16.1 Å². The predicted octanol–water partition coefficient (Wildman–Crippen LogP) is 0.821. The number of carbonyl (C=O) groups is 2. The first-order valence-corrected chi connectivity index (χ1v) is 6.86. The SMILES string of the molecule is Cc1cccnc1CNC(=O)NCC1CCC(C(=O)O)O1. The van der Waals surface area contributed by atoms with Crippen molar-refractivity contribution in [2.45, 2.75) is 38.5 Å². The zero-order chi connectivity index (χ0) is 15.2. The van der Waals surface area contributed by atoms with Gasteiger partial charge < -0.3 is 20.5 Å². The van der Waals surface area contributed by atoms with Gasteiger partial charge in [0, 0.05) is 12.7 Å². The summed E-state index contributed by atoms with van der Waals surface area (Å²) in [5.74, 6) is -0.951. The summed E-state index contributed by atoms with van der Waals surface area (Å²) in [4.78, 5) is 26.6. The van der Waals surface area contributed by atoms with Crippen LogP contribution in [0.2, 0.25) is 0 Å². The number of aliphatic carboxylic acids is 1. The number of carbonyl (C=O) groups excluding carboxylic acids is 1. The molecule has 2 rings (SSSR count). The van der Waals surface area contributed by atoms with Crippen LogP contribution in [0.4, 0.5) is 4.79 Å². The molecule has 2 atom stereocenters. The Labute approximate surface area is 122 Å². The third-order valence-corrected chi connectivity index (χ3v) is 3.41. The minimum Gasteiger partial charge on any atom is -0.479 e. The first kappa shape index (κ1) is 15.2. The molecule has 0 spiro atoms. The molecule has 1 saturated heterocycles. The summed E-state index contributed by atoms with van der Waals surface area (Å²) in [5, 5.41) is 14.2. The predicted molar refractivity (Wildman–Crippen MR) is 74.7 cm³/mol. The lowest BCUT2D eigenvalue weighted by Crippen LogP contribution is -2.39. The molecule has 7 heteroatoms. The molecule has 0 saturated carbocycles. The Morgan fingerprint density at radius 3 is 2.90 bits per heavy atom. The molecule has 3 N–H and O–H groups in total. The van der Waals surface area contributed by atoms with Crippen molar-refractivity contribution in [2.75, 3.05) is 6.54 Å². The number of nitrogens with one attached hydrogen (secondary N) is 2. The highest BCUT2D eigenvalue weighted by Crippen LogP contribution is 2.19. The molecular formula is C14H19N3O4. The van der Waals surface area contributed by atoms with Crippen LogP contribution < -0.4 is 10.6 Å². The lowest BCUT2D eigenvalue weighted by molar-refractivity contribution is -0.149. The van der Waals surface area contributed by atoms with E-state index in [1.807, 2.05) is 19.1 Å². The van der Waals surface area contributed by atoms with Crippen molar-refractivity contribution in [3.05, 3.63) is 29.6 Å². The number of nitrogens with zero attached hydrogens (tertiary/aromatic N) is 1. The quantitative estimate of drug-likeness (QED) is 0.746. The molecule has 1 aliphatic heterocycles. The molecule has 1 aromatic heterocycles. The molecule has 0 aliphatic carbocycles. The summed E-state index contributed by atoms with van der Waals surface area (Å²) in [5.41, 5.74) is 1.83. The number of carboxylic acid groups (broad SMARTS) is 1. The summed E-state index contributed by atoms with van der Waals surface area (Å²) in [6.07, 6.45) is 1.80. The van der Waals surface area contributed by atoms with E-state index in [1.54, 1.807) is 6.20 Å². The molecule has 2 amide bonds. The van der Waals surface area contributed by atoms with E-state index in [1.165, 1.54) is 0 Å². The van der Waals surface area contributed by atoms with Crippen LogP contribution in [-0.4, -0.2) is 40.8 Å². The maximum absolute atomic E-state index is 11.7. The van der Waals surface area contributed by atoms with Gasteiger partial charge in [-0.1, -0.05) is 6.07 Å². The number of rotatable bonds is 5. The normalized spacial score (nSPS) is 21.0. The number of aryl methyl sites for hydroxylation is 1. The molecule has 7 nitrogen and oxygen atoms in total. The van der Waals surface area contributed by atoms with Gasteiger partial charge in [-0.05, 0) is 31.4 Å². The standard InChI is InChI=1S/C14H19N3O4/c1-9-3-2-6-15-11(9)8-17-14(20)16-7-10-4-5-12(21-10)13(18)19/h2-3,6,10,12H,4-5,7-8H2,1H3,(H,18,19)(H2,16,17,20). The van der Waals surface area contributed by atoms with Crippen molar-refractivity contribution in [1.29, 1.82) is 0 Å². The lowest BCUT2D eigenvalue weighted by atomic mass is 10.2. The van der Waals surface area contributed by atoms with E-state index in [0.717, 1.165) is 11.3 Å². The Bertz CT molecular complexity index is 521. The average molecular weight is 293 g/mol. The molecule has 0 radical (unpaired) electrons. The van der Waals surface area contributed by atoms with Crippen LogP contribution in [0.5, 0.6) is 0 Å². The van der Waals surface area contributed by atoms with E-state index < -0.39 is 12.1 Å². The van der Waals surface area contributed by atoms with Gasteiger partial charge in [0.05, 0.1) is 18.3 Å². The highest BCUT2D eigenvalue weighted by Gasteiger charge is 2.30. The molecule has 0 aromatic carbocycles.